The first-order chi connectivity index (χ1) is 10.2. The van der Waals surface area contributed by atoms with E-state index in [4.69, 9.17) is 4.74 Å². The lowest BCUT2D eigenvalue weighted by Gasteiger charge is -2.36. The number of unbranched alkanes of at least 4 members (excludes halogenated alkanes) is 1. The molecule has 3 heteroatoms. The standard InChI is InChI=1S/C18H28O3/c1-3-4-9-14-11-13-18(16(14)19)12-8-6-5-7-10-15(18)17(20)21-2/h11,15H,3-10,12-13H2,1-2H3/t15-,18+/m0/s1. The van der Waals surface area contributed by atoms with Gasteiger partial charge in [-0.25, -0.2) is 0 Å². The summed E-state index contributed by atoms with van der Waals surface area (Å²) in [5, 5.41) is 0. The highest BCUT2D eigenvalue weighted by atomic mass is 16.5. The lowest BCUT2D eigenvalue weighted by Crippen LogP contribution is -2.42. The number of allylic oxidation sites excluding steroid dienone is 2. The number of rotatable bonds is 4. The van der Waals surface area contributed by atoms with E-state index in [1.165, 1.54) is 13.5 Å². The molecular weight excluding hydrogens is 264 g/mol. The molecule has 3 nitrogen and oxygen atoms in total. The zero-order chi connectivity index (χ0) is 15.3. The van der Waals surface area contributed by atoms with Crippen molar-refractivity contribution < 1.29 is 14.3 Å². The van der Waals surface area contributed by atoms with Crippen LogP contribution in [-0.4, -0.2) is 18.9 Å². The molecular formula is C18H28O3. The molecule has 0 aromatic carbocycles. The molecule has 1 saturated carbocycles. The fourth-order valence-corrected chi connectivity index (χ4v) is 3.99. The summed E-state index contributed by atoms with van der Waals surface area (Å²) in [4.78, 5) is 25.3. The fourth-order valence-electron chi connectivity index (χ4n) is 3.99. The van der Waals surface area contributed by atoms with E-state index < -0.39 is 5.41 Å². The zero-order valence-corrected chi connectivity index (χ0v) is 13.5. The van der Waals surface area contributed by atoms with Gasteiger partial charge in [0, 0.05) is 0 Å². The monoisotopic (exact) mass is 292 g/mol. The Morgan fingerprint density at radius 2 is 2.10 bits per heavy atom. The summed E-state index contributed by atoms with van der Waals surface area (Å²) in [6.07, 6.45) is 11.9. The second-order valence-electron chi connectivity index (χ2n) is 6.55. The number of ketones is 1. The van der Waals surface area contributed by atoms with Crippen LogP contribution >= 0.6 is 0 Å². The molecule has 1 spiro atoms. The molecule has 0 amide bonds. The molecule has 21 heavy (non-hydrogen) atoms. The van der Waals surface area contributed by atoms with Gasteiger partial charge in [0.05, 0.1) is 18.4 Å². The van der Waals surface area contributed by atoms with Gasteiger partial charge in [-0.3, -0.25) is 9.59 Å². The predicted octanol–water partition coefficient (Wildman–Crippen LogP) is 4.21. The van der Waals surface area contributed by atoms with E-state index in [2.05, 4.69) is 13.0 Å². The Morgan fingerprint density at radius 1 is 1.33 bits per heavy atom. The maximum absolute atomic E-state index is 13.0. The average Bonchev–Trinajstić information content (AvgIpc) is 2.79. The molecule has 0 bridgehead atoms. The number of ether oxygens (including phenoxy) is 1. The molecule has 118 valence electrons. The second-order valence-corrected chi connectivity index (χ2v) is 6.55. The van der Waals surface area contributed by atoms with Crippen LogP contribution in [0.3, 0.4) is 0 Å². The highest BCUT2D eigenvalue weighted by molar-refractivity contribution is 6.04. The maximum atomic E-state index is 13.0. The molecule has 0 aromatic heterocycles. The van der Waals surface area contributed by atoms with Gasteiger partial charge in [0.25, 0.3) is 0 Å². The van der Waals surface area contributed by atoms with Gasteiger partial charge in [-0.15, -0.1) is 0 Å². The van der Waals surface area contributed by atoms with Gasteiger partial charge in [-0.2, -0.15) is 0 Å². The smallest absolute Gasteiger partial charge is 0.309 e. The SMILES string of the molecule is CCCCC1=CC[C@@]2(CCCCCC[C@H]2C(=O)OC)C1=O. The number of carbonyl (C=O) groups is 2. The van der Waals surface area contributed by atoms with Gasteiger partial charge < -0.3 is 4.74 Å². The van der Waals surface area contributed by atoms with Crippen molar-refractivity contribution in [1.82, 2.24) is 0 Å². The predicted molar refractivity (Wildman–Crippen MR) is 82.9 cm³/mol. The van der Waals surface area contributed by atoms with Gasteiger partial charge in [0.15, 0.2) is 5.78 Å². The number of carbonyl (C=O) groups excluding carboxylic acids is 2. The zero-order valence-electron chi connectivity index (χ0n) is 13.5. The van der Waals surface area contributed by atoms with E-state index in [9.17, 15) is 9.59 Å². The largest absolute Gasteiger partial charge is 0.469 e. The Kier molecular flexibility index (Phi) is 5.60. The van der Waals surface area contributed by atoms with Crippen LogP contribution in [0.2, 0.25) is 0 Å². The Balaban J connectivity index is 2.23. The number of hydrogen-bond donors (Lipinski definition) is 0. The van der Waals surface area contributed by atoms with Gasteiger partial charge in [-0.05, 0) is 37.7 Å². The van der Waals surface area contributed by atoms with Crippen LogP contribution in [0.5, 0.6) is 0 Å². The normalized spacial score (nSPS) is 29.9. The summed E-state index contributed by atoms with van der Waals surface area (Å²) in [7, 11) is 1.44. The topological polar surface area (TPSA) is 43.4 Å². The van der Waals surface area contributed by atoms with Gasteiger partial charge >= 0.3 is 5.97 Å². The van der Waals surface area contributed by atoms with Crippen LogP contribution < -0.4 is 0 Å². The summed E-state index contributed by atoms with van der Waals surface area (Å²) in [5.74, 6) is -0.186. The molecule has 0 aliphatic heterocycles. The first-order valence-electron chi connectivity index (χ1n) is 8.47. The lowest BCUT2D eigenvalue weighted by molar-refractivity contribution is -0.155. The third-order valence-corrected chi connectivity index (χ3v) is 5.27. The van der Waals surface area contributed by atoms with E-state index in [1.54, 1.807) is 0 Å². The molecule has 1 fully saturated rings. The Hall–Kier alpha value is -1.12. The third-order valence-electron chi connectivity index (χ3n) is 5.27. The van der Waals surface area contributed by atoms with Crippen LogP contribution in [-0.2, 0) is 14.3 Å². The quantitative estimate of drug-likeness (QED) is 0.729. The molecule has 2 atom stereocenters. The van der Waals surface area contributed by atoms with Crippen molar-refractivity contribution in [2.24, 2.45) is 11.3 Å². The van der Waals surface area contributed by atoms with E-state index in [0.29, 0.717) is 0 Å². The molecule has 0 aromatic rings. The van der Waals surface area contributed by atoms with Crippen LogP contribution in [0, 0.1) is 11.3 Å². The second kappa shape index (κ2) is 7.24. The summed E-state index contributed by atoms with van der Waals surface area (Å²) in [6.45, 7) is 2.14. The molecule has 0 unspecified atom stereocenters. The van der Waals surface area contributed by atoms with Crippen molar-refractivity contribution >= 4 is 11.8 Å². The van der Waals surface area contributed by atoms with Crippen molar-refractivity contribution in [3.8, 4) is 0 Å². The van der Waals surface area contributed by atoms with Crippen molar-refractivity contribution in [1.29, 1.82) is 0 Å². The Labute approximate surface area is 128 Å². The average molecular weight is 292 g/mol. The number of Topliss-reactive ketones (excluding diaryl/α,β-unsaturated/α-hetero) is 1. The molecule has 2 aliphatic carbocycles. The van der Waals surface area contributed by atoms with Crippen molar-refractivity contribution in [3.05, 3.63) is 11.6 Å². The van der Waals surface area contributed by atoms with Crippen LogP contribution in [0.4, 0.5) is 0 Å². The van der Waals surface area contributed by atoms with Gasteiger partial charge in [0.2, 0.25) is 0 Å². The van der Waals surface area contributed by atoms with Gasteiger partial charge in [-0.1, -0.05) is 45.1 Å². The number of esters is 1. The molecule has 2 aliphatic rings. The molecule has 2 rings (SSSR count). The minimum Gasteiger partial charge on any atom is -0.469 e. The van der Waals surface area contributed by atoms with Crippen LogP contribution in [0.1, 0.15) is 71.1 Å². The highest BCUT2D eigenvalue weighted by Crippen LogP contribution is 2.49. The lowest BCUT2D eigenvalue weighted by atomic mass is 9.65. The Morgan fingerprint density at radius 3 is 2.81 bits per heavy atom. The summed E-state index contributed by atoms with van der Waals surface area (Å²) < 4.78 is 5.02. The summed E-state index contributed by atoms with van der Waals surface area (Å²) in [5.41, 5.74) is 0.475. The summed E-state index contributed by atoms with van der Waals surface area (Å²) >= 11 is 0. The van der Waals surface area contributed by atoms with E-state index in [0.717, 1.165) is 63.4 Å². The third kappa shape index (κ3) is 3.22. The van der Waals surface area contributed by atoms with Crippen LogP contribution in [0.25, 0.3) is 0 Å². The van der Waals surface area contributed by atoms with E-state index in [1.807, 2.05) is 0 Å². The summed E-state index contributed by atoms with van der Waals surface area (Å²) in [6, 6.07) is 0. The molecule has 0 saturated heterocycles. The molecule has 0 radical (unpaired) electrons. The minimum atomic E-state index is -0.489. The van der Waals surface area contributed by atoms with Crippen molar-refractivity contribution in [2.45, 2.75) is 71.1 Å². The van der Waals surface area contributed by atoms with Crippen LogP contribution in [0.15, 0.2) is 11.6 Å². The molecule has 0 N–H and O–H groups in total. The van der Waals surface area contributed by atoms with E-state index >= 15 is 0 Å². The first kappa shape index (κ1) is 16.3. The Bertz CT molecular complexity index is 424. The first-order valence-corrected chi connectivity index (χ1v) is 8.47. The highest BCUT2D eigenvalue weighted by Gasteiger charge is 2.51. The number of hydrogen-bond acceptors (Lipinski definition) is 3. The van der Waals surface area contributed by atoms with Crippen molar-refractivity contribution in [3.63, 3.8) is 0 Å². The molecule has 0 heterocycles. The fraction of sp³-hybridized carbons (Fsp3) is 0.778. The number of methoxy groups -OCH3 is 1. The maximum Gasteiger partial charge on any atom is 0.309 e. The van der Waals surface area contributed by atoms with E-state index in [-0.39, 0.29) is 17.7 Å². The van der Waals surface area contributed by atoms with Gasteiger partial charge in [0.1, 0.15) is 0 Å². The minimum absolute atomic E-state index is 0.185. The van der Waals surface area contributed by atoms with Crippen molar-refractivity contribution in [2.75, 3.05) is 7.11 Å².